The number of hydrogen-bond donors (Lipinski definition) is 1. The number of ether oxygens (including phenoxy) is 2. The highest BCUT2D eigenvalue weighted by Crippen LogP contribution is 2.32. The number of halogens is 1. The first kappa shape index (κ1) is 30.1. The molecule has 1 aliphatic heterocycles. The molecule has 6 rings (SSSR count). The molecule has 7 nitrogen and oxygen atoms in total. The van der Waals surface area contributed by atoms with Crippen molar-refractivity contribution in [2.75, 3.05) is 12.4 Å². The zero-order valence-corrected chi connectivity index (χ0v) is 26.5. The number of carbonyl (C=O) groups excluding carboxylic acids is 1. The molecule has 5 aromatic rings. The molecular formula is C36H30ClN3O4S. The Bertz CT molecular complexity index is 2080. The first-order valence-electron chi connectivity index (χ1n) is 14.3. The van der Waals surface area contributed by atoms with E-state index in [1.807, 2.05) is 117 Å². The van der Waals surface area contributed by atoms with Gasteiger partial charge in [-0.2, -0.15) is 0 Å². The standard InChI is InChI=1S/C36H30ClN3O4S/c1-22-9-14-26(15-10-22)33-32(34(41)39-28-7-5-4-6-8-28)23(2)38-36-40(33)35(42)31(45-36)20-25-13-18-29(30(19-25)43-3)44-21-24-11-16-27(37)17-12-24/h4-20,33H,21H2,1-3H3,(H,39,41)/b31-20-. The molecule has 1 N–H and O–H groups in total. The van der Waals surface area contributed by atoms with Gasteiger partial charge in [-0.3, -0.25) is 14.2 Å². The Labute approximate surface area is 269 Å². The van der Waals surface area contributed by atoms with Gasteiger partial charge in [0.05, 0.1) is 29.0 Å². The van der Waals surface area contributed by atoms with E-state index in [0.717, 1.165) is 22.3 Å². The minimum absolute atomic E-state index is 0.233. The minimum Gasteiger partial charge on any atom is -0.493 e. The Balaban J connectivity index is 1.37. The predicted octanol–water partition coefficient (Wildman–Crippen LogP) is 6.42. The van der Waals surface area contributed by atoms with Crippen molar-refractivity contribution >= 4 is 40.6 Å². The summed E-state index contributed by atoms with van der Waals surface area (Å²) in [6.45, 7) is 4.16. The van der Waals surface area contributed by atoms with Crippen molar-refractivity contribution in [3.8, 4) is 11.5 Å². The molecule has 0 saturated heterocycles. The number of allylic oxidation sites excluding steroid dienone is 1. The second-order valence-corrected chi connectivity index (χ2v) is 12.1. The van der Waals surface area contributed by atoms with Crippen LogP contribution in [0.4, 0.5) is 5.69 Å². The van der Waals surface area contributed by atoms with Crippen LogP contribution in [0.15, 0.2) is 118 Å². The monoisotopic (exact) mass is 635 g/mol. The Morgan fingerprint density at radius 1 is 0.978 bits per heavy atom. The Hall–Kier alpha value is -4.92. The topological polar surface area (TPSA) is 81.9 Å². The van der Waals surface area contributed by atoms with Gasteiger partial charge >= 0.3 is 0 Å². The Morgan fingerprint density at radius 3 is 2.42 bits per heavy atom. The molecule has 0 bridgehead atoms. The summed E-state index contributed by atoms with van der Waals surface area (Å²) in [5, 5.41) is 3.65. The fourth-order valence-electron chi connectivity index (χ4n) is 5.18. The number of aromatic nitrogens is 1. The maximum Gasteiger partial charge on any atom is 0.271 e. The van der Waals surface area contributed by atoms with E-state index in [4.69, 9.17) is 26.1 Å². The molecule has 9 heteroatoms. The van der Waals surface area contributed by atoms with Crippen molar-refractivity contribution in [1.29, 1.82) is 0 Å². The first-order valence-corrected chi connectivity index (χ1v) is 15.5. The van der Waals surface area contributed by atoms with Crippen molar-refractivity contribution in [1.82, 2.24) is 4.57 Å². The van der Waals surface area contributed by atoms with Crippen molar-refractivity contribution < 1.29 is 14.3 Å². The average Bonchev–Trinajstić information content (AvgIpc) is 3.34. The number of rotatable bonds is 8. The number of carbonyl (C=O) groups is 1. The van der Waals surface area contributed by atoms with E-state index >= 15 is 0 Å². The number of nitrogens with zero attached hydrogens (tertiary/aromatic N) is 2. The summed E-state index contributed by atoms with van der Waals surface area (Å²) in [4.78, 5) is 33.1. The summed E-state index contributed by atoms with van der Waals surface area (Å²) in [6.07, 6.45) is 1.81. The summed E-state index contributed by atoms with van der Waals surface area (Å²) in [5.41, 5.74) is 5.06. The van der Waals surface area contributed by atoms with Crippen molar-refractivity contribution in [2.45, 2.75) is 26.5 Å². The third kappa shape index (κ3) is 6.48. The van der Waals surface area contributed by atoms with E-state index in [1.165, 1.54) is 11.3 Å². The fraction of sp³-hybridized carbons (Fsp3) is 0.139. The molecule has 226 valence electrons. The molecule has 4 aromatic carbocycles. The van der Waals surface area contributed by atoms with Crippen molar-refractivity contribution in [2.24, 2.45) is 4.99 Å². The van der Waals surface area contributed by atoms with Crippen LogP contribution >= 0.6 is 22.9 Å². The lowest BCUT2D eigenvalue weighted by Crippen LogP contribution is -2.40. The first-order chi connectivity index (χ1) is 21.8. The minimum atomic E-state index is -0.647. The smallest absolute Gasteiger partial charge is 0.271 e. The van der Waals surface area contributed by atoms with Gasteiger partial charge in [0.25, 0.3) is 11.5 Å². The predicted molar refractivity (Wildman–Crippen MR) is 179 cm³/mol. The Kier molecular flexibility index (Phi) is 8.69. The number of methoxy groups -OCH3 is 1. The SMILES string of the molecule is COc1cc(/C=c2\sc3n(c2=O)C(c2ccc(C)cc2)C(C(=O)Nc2ccccc2)=C(C)N=3)ccc1OCc1ccc(Cl)cc1. The highest BCUT2D eigenvalue weighted by Gasteiger charge is 2.32. The summed E-state index contributed by atoms with van der Waals surface area (Å²) in [7, 11) is 1.58. The number of anilines is 1. The van der Waals surface area contributed by atoms with Gasteiger partial charge in [0.2, 0.25) is 0 Å². The highest BCUT2D eigenvalue weighted by atomic mass is 35.5. The number of hydrogen-bond acceptors (Lipinski definition) is 6. The maximum atomic E-state index is 14.1. The molecule has 1 aromatic heterocycles. The summed E-state index contributed by atoms with van der Waals surface area (Å²) in [6, 6.07) is 29.5. The molecule has 1 unspecified atom stereocenters. The van der Waals surface area contributed by atoms with Crippen LogP contribution in [0.2, 0.25) is 5.02 Å². The number of fused-ring (bicyclic) bond motifs is 1. The molecule has 1 aliphatic rings. The highest BCUT2D eigenvalue weighted by molar-refractivity contribution is 7.07. The molecule has 0 spiro atoms. The van der Waals surface area contributed by atoms with Crippen LogP contribution in [0.25, 0.3) is 6.08 Å². The second-order valence-electron chi connectivity index (χ2n) is 10.6. The molecule has 1 atom stereocenters. The van der Waals surface area contributed by atoms with Gasteiger partial charge in [-0.25, -0.2) is 4.99 Å². The largest absolute Gasteiger partial charge is 0.493 e. The zero-order chi connectivity index (χ0) is 31.5. The summed E-state index contributed by atoms with van der Waals surface area (Å²) in [5.74, 6) is 0.815. The molecule has 0 radical (unpaired) electrons. The van der Waals surface area contributed by atoms with Gasteiger partial charge in [0.15, 0.2) is 16.3 Å². The van der Waals surface area contributed by atoms with E-state index in [0.29, 0.717) is 49.4 Å². The molecule has 2 heterocycles. The van der Waals surface area contributed by atoms with E-state index < -0.39 is 6.04 Å². The van der Waals surface area contributed by atoms with Gasteiger partial charge in [-0.1, -0.05) is 89.2 Å². The van der Waals surface area contributed by atoms with Gasteiger partial charge in [0.1, 0.15) is 6.61 Å². The molecular weight excluding hydrogens is 606 g/mol. The fourth-order valence-corrected chi connectivity index (χ4v) is 6.35. The van der Waals surface area contributed by atoms with Crippen LogP contribution < -0.4 is 29.7 Å². The van der Waals surface area contributed by atoms with E-state index in [2.05, 4.69) is 5.32 Å². The maximum absolute atomic E-state index is 14.1. The average molecular weight is 636 g/mol. The molecule has 0 fully saturated rings. The third-order valence-corrected chi connectivity index (χ3v) is 8.72. The Morgan fingerprint density at radius 2 is 1.71 bits per heavy atom. The normalized spacial score (nSPS) is 14.5. The van der Waals surface area contributed by atoms with Gasteiger partial charge in [0, 0.05) is 10.7 Å². The molecule has 45 heavy (non-hydrogen) atoms. The van der Waals surface area contributed by atoms with Crippen LogP contribution in [0.1, 0.15) is 35.2 Å². The van der Waals surface area contributed by atoms with Crippen molar-refractivity contribution in [3.63, 3.8) is 0 Å². The number of amides is 1. The van der Waals surface area contributed by atoms with E-state index in [1.54, 1.807) is 11.7 Å². The van der Waals surface area contributed by atoms with Crippen LogP contribution in [0.5, 0.6) is 11.5 Å². The van der Waals surface area contributed by atoms with Crippen molar-refractivity contribution in [3.05, 3.63) is 155 Å². The molecule has 0 aliphatic carbocycles. The lowest BCUT2D eigenvalue weighted by atomic mass is 9.94. The van der Waals surface area contributed by atoms with Crippen LogP contribution in [-0.4, -0.2) is 17.6 Å². The van der Waals surface area contributed by atoms with E-state index in [-0.39, 0.29) is 11.5 Å². The lowest BCUT2D eigenvalue weighted by molar-refractivity contribution is -0.113. The van der Waals surface area contributed by atoms with E-state index in [9.17, 15) is 9.59 Å². The molecule has 1 amide bonds. The summed E-state index contributed by atoms with van der Waals surface area (Å²) < 4.78 is 13.7. The van der Waals surface area contributed by atoms with Gasteiger partial charge in [-0.15, -0.1) is 0 Å². The number of para-hydroxylation sites is 1. The zero-order valence-electron chi connectivity index (χ0n) is 24.9. The van der Waals surface area contributed by atoms with Crippen LogP contribution in [-0.2, 0) is 11.4 Å². The second kappa shape index (κ2) is 13.0. The van der Waals surface area contributed by atoms with Gasteiger partial charge < -0.3 is 14.8 Å². The number of benzene rings is 4. The summed E-state index contributed by atoms with van der Waals surface area (Å²) >= 11 is 7.28. The van der Waals surface area contributed by atoms with Crippen LogP contribution in [0.3, 0.4) is 0 Å². The lowest BCUT2D eigenvalue weighted by Gasteiger charge is -2.25. The number of nitrogens with one attached hydrogen (secondary N) is 1. The number of thiazole rings is 1. The molecule has 0 saturated carbocycles. The van der Waals surface area contributed by atoms with Gasteiger partial charge in [-0.05, 0) is 73.0 Å². The third-order valence-electron chi connectivity index (χ3n) is 7.48. The van der Waals surface area contributed by atoms with Crippen LogP contribution in [0, 0.1) is 6.92 Å². The number of aryl methyl sites for hydroxylation is 1. The quantitative estimate of drug-likeness (QED) is 0.213.